The summed E-state index contributed by atoms with van der Waals surface area (Å²) in [6, 6.07) is 13.5. The molecule has 2 spiro atoms. The van der Waals surface area contributed by atoms with Crippen molar-refractivity contribution in [2.45, 2.75) is 49.5 Å². The van der Waals surface area contributed by atoms with Crippen LogP contribution in [-0.2, 0) is 27.8 Å². The molecule has 1 saturated carbocycles. The van der Waals surface area contributed by atoms with E-state index in [1.165, 1.54) is 0 Å². The van der Waals surface area contributed by atoms with E-state index in [9.17, 15) is 9.59 Å². The number of hydrogen-bond acceptors (Lipinski definition) is 5. The number of aliphatic imine (C=N–C) groups is 1. The Bertz CT molecular complexity index is 1560. The average molecular weight is 524 g/mol. The molecule has 8 heteroatoms. The zero-order chi connectivity index (χ0) is 25.9. The molecule has 3 aromatic rings. The van der Waals surface area contributed by atoms with Crippen LogP contribution in [-0.4, -0.2) is 44.6 Å². The lowest BCUT2D eigenvalue weighted by Gasteiger charge is -2.21. The van der Waals surface area contributed by atoms with Gasteiger partial charge in [0.25, 0.3) is 5.91 Å². The maximum Gasteiger partial charge on any atom is 0.256 e. The monoisotopic (exact) mass is 523 g/mol. The van der Waals surface area contributed by atoms with Crippen molar-refractivity contribution in [3.8, 4) is 0 Å². The molecule has 0 radical (unpaired) electrons. The van der Waals surface area contributed by atoms with Crippen molar-refractivity contribution < 1.29 is 9.59 Å². The van der Waals surface area contributed by atoms with Gasteiger partial charge in [-0.3, -0.25) is 24.5 Å². The van der Waals surface area contributed by atoms with E-state index in [1.54, 1.807) is 11.1 Å². The molecule has 4 heterocycles. The first-order valence-corrected chi connectivity index (χ1v) is 13.4. The molecule has 7 rings (SSSR count). The number of nitrogens with zero attached hydrogens (tertiary/aromatic N) is 4. The molecule has 1 aromatic carbocycles. The van der Waals surface area contributed by atoms with Crippen molar-refractivity contribution in [3.05, 3.63) is 93.9 Å². The van der Waals surface area contributed by atoms with Crippen molar-refractivity contribution >= 4 is 41.1 Å². The summed E-state index contributed by atoms with van der Waals surface area (Å²) in [7, 11) is 0. The van der Waals surface area contributed by atoms with E-state index in [1.807, 2.05) is 54.7 Å². The van der Waals surface area contributed by atoms with Gasteiger partial charge in [0.05, 0.1) is 10.4 Å². The number of benzene rings is 1. The number of amides is 2. The van der Waals surface area contributed by atoms with Gasteiger partial charge in [0.1, 0.15) is 17.2 Å². The van der Waals surface area contributed by atoms with Crippen LogP contribution in [0.2, 0.25) is 5.02 Å². The number of pyridine rings is 2. The van der Waals surface area contributed by atoms with Gasteiger partial charge in [0.15, 0.2) is 0 Å². The van der Waals surface area contributed by atoms with E-state index in [0.29, 0.717) is 36.1 Å². The Morgan fingerprint density at radius 2 is 1.89 bits per heavy atom. The van der Waals surface area contributed by atoms with Gasteiger partial charge < -0.3 is 5.32 Å². The highest BCUT2D eigenvalue weighted by atomic mass is 35.5. The molecule has 7 nitrogen and oxygen atoms in total. The van der Waals surface area contributed by atoms with Gasteiger partial charge in [-0.05, 0) is 54.7 Å². The van der Waals surface area contributed by atoms with Gasteiger partial charge in [-0.1, -0.05) is 54.8 Å². The third-order valence-corrected chi connectivity index (χ3v) is 8.72. The molecule has 38 heavy (non-hydrogen) atoms. The van der Waals surface area contributed by atoms with E-state index in [2.05, 4.69) is 16.4 Å². The van der Waals surface area contributed by atoms with Crippen molar-refractivity contribution in [1.82, 2.24) is 14.9 Å². The summed E-state index contributed by atoms with van der Waals surface area (Å²) in [4.78, 5) is 42.3. The van der Waals surface area contributed by atoms with Crippen molar-refractivity contribution in [3.63, 3.8) is 0 Å². The Labute approximate surface area is 225 Å². The minimum atomic E-state index is -0.654. The van der Waals surface area contributed by atoms with Crippen LogP contribution in [0.3, 0.4) is 0 Å². The number of amidine groups is 1. The first kappa shape index (κ1) is 23.3. The number of carbonyl (C=O) groups excluding carboxylic acids is 2. The summed E-state index contributed by atoms with van der Waals surface area (Å²) in [6.07, 6.45) is 12.2. The minimum absolute atomic E-state index is 0.0129. The third-order valence-electron chi connectivity index (χ3n) is 8.39. The first-order valence-electron chi connectivity index (χ1n) is 13.1. The molecule has 2 aliphatic heterocycles. The molecule has 1 N–H and O–H groups in total. The molecule has 1 atom stereocenters. The predicted octanol–water partition coefficient (Wildman–Crippen LogP) is 4.73. The quantitative estimate of drug-likeness (QED) is 0.535. The van der Waals surface area contributed by atoms with Gasteiger partial charge in [0.2, 0.25) is 5.91 Å². The van der Waals surface area contributed by atoms with E-state index in [0.717, 1.165) is 53.6 Å². The second-order valence-corrected chi connectivity index (χ2v) is 11.0. The van der Waals surface area contributed by atoms with Gasteiger partial charge in [-0.25, -0.2) is 4.98 Å². The number of nitrogens with one attached hydrogen (secondary N) is 1. The van der Waals surface area contributed by atoms with Crippen molar-refractivity contribution in [1.29, 1.82) is 0 Å². The van der Waals surface area contributed by atoms with Crippen molar-refractivity contribution in [2.75, 3.05) is 11.9 Å². The molecule has 0 unspecified atom stereocenters. The minimum Gasteiger partial charge on any atom is -0.310 e. The zero-order valence-electron chi connectivity index (χ0n) is 20.8. The zero-order valence-corrected chi connectivity index (χ0v) is 21.5. The van der Waals surface area contributed by atoms with E-state index in [-0.39, 0.29) is 11.8 Å². The second kappa shape index (κ2) is 8.60. The lowest BCUT2D eigenvalue weighted by Crippen LogP contribution is -2.41. The number of rotatable bonds is 4. The third kappa shape index (κ3) is 3.45. The lowest BCUT2D eigenvalue weighted by atomic mass is 9.80. The smallest absolute Gasteiger partial charge is 0.256 e. The number of hydrogen-bond donors (Lipinski definition) is 1. The lowest BCUT2D eigenvalue weighted by molar-refractivity contribution is -0.130. The molecule has 4 aliphatic rings. The fraction of sp³-hybridized carbons (Fsp3) is 0.300. The average Bonchev–Trinajstić information content (AvgIpc) is 3.67. The number of halogens is 1. The summed E-state index contributed by atoms with van der Waals surface area (Å²) in [5, 5.41) is 3.53. The highest BCUT2D eigenvalue weighted by Gasteiger charge is 2.52. The normalized spacial score (nSPS) is 23.0. The van der Waals surface area contributed by atoms with Crippen LogP contribution >= 0.6 is 11.6 Å². The molecule has 1 fully saturated rings. The van der Waals surface area contributed by atoms with Gasteiger partial charge in [0, 0.05) is 42.2 Å². The van der Waals surface area contributed by atoms with E-state index < -0.39 is 11.0 Å². The van der Waals surface area contributed by atoms with Crippen LogP contribution in [0, 0.1) is 0 Å². The number of anilines is 1. The summed E-state index contributed by atoms with van der Waals surface area (Å²) >= 11 is 6.51. The summed E-state index contributed by atoms with van der Waals surface area (Å²) in [5.74, 6) is 1.35. The van der Waals surface area contributed by atoms with Crippen LogP contribution < -0.4 is 5.32 Å². The topological polar surface area (TPSA) is 87.5 Å². The Kier molecular flexibility index (Phi) is 5.27. The highest BCUT2D eigenvalue weighted by Crippen LogP contribution is 2.46. The molecule has 2 aromatic heterocycles. The molecule has 2 aliphatic carbocycles. The standard InChI is InChI=1S/C30H26ClN5O2/c31-23-10-2-1-8-21(23)26-35-30(11-3-4-12-30)28(38)36(26)14-6-7-19-15-20-16-29(17-24(20)33-18-19)22-9-5-13-32-25(22)34-27(29)37/h1-2,5-10,13,15,18H,3-4,11-12,14,16-17H2,(H,32,34,37)/b7-6+/t29-/m0/s1. The van der Waals surface area contributed by atoms with Gasteiger partial charge in [-0.2, -0.15) is 0 Å². The molecular weight excluding hydrogens is 498 g/mol. The van der Waals surface area contributed by atoms with Crippen LogP contribution in [0.25, 0.3) is 6.08 Å². The summed E-state index contributed by atoms with van der Waals surface area (Å²) < 4.78 is 0. The number of aromatic nitrogens is 2. The highest BCUT2D eigenvalue weighted by molar-refractivity contribution is 6.35. The van der Waals surface area contributed by atoms with Crippen LogP contribution in [0.15, 0.2) is 65.9 Å². The SMILES string of the molecule is O=C1N(C/C=C/c2cnc3c(c2)C[C@@]2(C3)C(=O)Nc3ncccc32)C(c2ccccc2Cl)=NC12CCCC2. The number of carbonyl (C=O) groups is 2. The molecular formula is C30H26ClN5O2. The summed E-state index contributed by atoms with van der Waals surface area (Å²) in [5.41, 5.74) is 3.38. The molecule has 0 saturated heterocycles. The molecule has 0 bridgehead atoms. The van der Waals surface area contributed by atoms with Crippen molar-refractivity contribution in [2.24, 2.45) is 4.99 Å². The van der Waals surface area contributed by atoms with Crippen LogP contribution in [0.1, 0.15) is 53.6 Å². The molecule has 2 amide bonds. The predicted molar refractivity (Wildman–Crippen MR) is 146 cm³/mol. The van der Waals surface area contributed by atoms with Crippen LogP contribution in [0.5, 0.6) is 0 Å². The van der Waals surface area contributed by atoms with E-state index >= 15 is 0 Å². The number of fused-ring (bicyclic) bond motifs is 3. The largest absolute Gasteiger partial charge is 0.310 e. The summed E-state index contributed by atoms with van der Waals surface area (Å²) in [6.45, 7) is 0.396. The van der Waals surface area contributed by atoms with Gasteiger partial charge >= 0.3 is 0 Å². The first-order chi connectivity index (χ1) is 18.5. The Morgan fingerprint density at radius 1 is 1.05 bits per heavy atom. The second-order valence-electron chi connectivity index (χ2n) is 10.6. The Balaban J connectivity index is 1.14. The van der Waals surface area contributed by atoms with Gasteiger partial charge in [-0.15, -0.1) is 0 Å². The Morgan fingerprint density at radius 3 is 2.74 bits per heavy atom. The Hall–Kier alpha value is -3.84. The maximum absolute atomic E-state index is 13.6. The fourth-order valence-corrected chi connectivity index (χ4v) is 6.70. The van der Waals surface area contributed by atoms with E-state index in [4.69, 9.17) is 21.6 Å². The van der Waals surface area contributed by atoms with Crippen LogP contribution in [0.4, 0.5) is 5.82 Å². The maximum atomic E-state index is 13.6. The molecule has 190 valence electrons. The fourth-order valence-electron chi connectivity index (χ4n) is 6.48.